The van der Waals surface area contributed by atoms with Crippen LogP contribution in [0.5, 0.6) is 0 Å². The van der Waals surface area contributed by atoms with Crippen LogP contribution < -0.4 is 3.51 Å². The Bertz CT molecular complexity index is 454. The van der Waals surface area contributed by atoms with Crippen LogP contribution in [0.15, 0.2) is 30.3 Å². The molecule has 0 aliphatic carbocycles. The van der Waals surface area contributed by atoms with Gasteiger partial charge in [0.15, 0.2) is 0 Å². The number of aliphatic hydroxyl groups is 3. The van der Waals surface area contributed by atoms with E-state index in [1.165, 1.54) is 0 Å². The molecular formula is C12H15O7Sb. The molecule has 4 N–H and O–H groups in total. The molecule has 1 heterocycles. The summed E-state index contributed by atoms with van der Waals surface area (Å²) in [5, 5.41) is 37.2. The Labute approximate surface area is 123 Å². The predicted molar refractivity (Wildman–Crippen MR) is 68.3 cm³/mol. The van der Waals surface area contributed by atoms with Gasteiger partial charge in [-0.05, 0) is 0 Å². The van der Waals surface area contributed by atoms with Crippen molar-refractivity contribution in [3.05, 3.63) is 30.3 Å². The van der Waals surface area contributed by atoms with Crippen molar-refractivity contribution in [3.8, 4) is 0 Å². The Morgan fingerprint density at radius 1 is 1.25 bits per heavy atom. The third-order valence-electron chi connectivity index (χ3n) is 2.88. The van der Waals surface area contributed by atoms with E-state index in [0.29, 0.717) is 0 Å². The molecule has 0 radical (unpaired) electrons. The van der Waals surface area contributed by atoms with Crippen molar-refractivity contribution in [2.75, 3.05) is 6.61 Å². The molecule has 0 saturated carbocycles. The van der Waals surface area contributed by atoms with Gasteiger partial charge in [0.25, 0.3) is 0 Å². The van der Waals surface area contributed by atoms with E-state index in [1.807, 2.05) is 30.3 Å². The van der Waals surface area contributed by atoms with Crippen molar-refractivity contribution in [2.45, 2.75) is 24.4 Å². The van der Waals surface area contributed by atoms with Crippen LogP contribution in [0.25, 0.3) is 0 Å². The molecule has 20 heavy (non-hydrogen) atoms. The summed E-state index contributed by atoms with van der Waals surface area (Å²) in [5.41, 5.74) is 0. The van der Waals surface area contributed by atoms with Gasteiger partial charge in [-0.1, -0.05) is 0 Å². The van der Waals surface area contributed by atoms with Crippen LogP contribution in [0.3, 0.4) is 0 Å². The monoisotopic (exact) mass is 392 g/mol. The molecule has 1 aliphatic heterocycles. The summed E-state index contributed by atoms with van der Waals surface area (Å²) in [6.45, 7) is -0.415. The quantitative estimate of drug-likeness (QED) is 0.427. The standard InChI is InChI=1S/C6H10O7.C6H5.Sb/c7-1-2(8)3(9)4(10)5(11)6(12)13;1-2-4-6-5-3-1;/h2-5,7,10-11H,1H2,(H,12,13);1-5H;/q-2;;+2. The number of carbonyl (C=O) groups is 1. The molecule has 1 aromatic rings. The number of carboxylic acid groups (broad SMARTS) is 1. The average Bonchev–Trinajstić information content (AvgIpc) is 2.90. The Balaban J connectivity index is 2.12. The summed E-state index contributed by atoms with van der Waals surface area (Å²) < 4.78 is 12.1. The fourth-order valence-corrected chi connectivity index (χ4v) is 6.43. The van der Waals surface area contributed by atoms with Crippen molar-refractivity contribution in [1.29, 1.82) is 0 Å². The molecule has 0 spiro atoms. The van der Waals surface area contributed by atoms with E-state index in [4.69, 9.17) is 11.1 Å². The van der Waals surface area contributed by atoms with Gasteiger partial charge in [-0.2, -0.15) is 0 Å². The molecular weight excluding hydrogens is 378 g/mol. The summed E-state index contributed by atoms with van der Waals surface area (Å²) in [6.07, 6.45) is -5.51. The Hall–Kier alpha value is -0.692. The van der Waals surface area contributed by atoms with Crippen molar-refractivity contribution in [2.24, 2.45) is 0 Å². The molecule has 4 atom stereocenters. The van der Waals surface area contributed by atoms with Crippen LogP contribution in [0.4, 0.5) is 0 Å². The van der Waals surface area contributed by atoms with Gasteiger partial charge in [0.05, 0.1) is 0 Å². The Morgan fingerprint density at radius 3 is 2.45 bits per heavy atom. The first kappa shape index (κ1) is 15.7. The second kappa shape index (κ2) is 6.84. The van der Waals surface area contributed by atoms with Crippen LogP contribution >= 0.6 is 0 Å². The van der Waals surface area contributed by atoms with Crippen molar-refractivity contribution in [3.63, 3.8) is 0 Å². The molecule has 8 heteroatoms. The van der Waals surface area contributed by atoms with Gasteiger partial charge in [0, 0.05) is 0 Å². The fraction of sp³-hybridized carbons (Fsp3) is 0.417. The molecule has 1 saturated heterocycles. The van der Waals surface area contributed by atoms with E-state index in [9.17, 15) is 20.1 Å². The zero-order chi connectivity index (χ0) is 14.7. The van der Waals surface area contributed by atoms with E-state index in [2.05, 4.69) is 0 Å². The van der Waals surface area contributed by atoms with Gasteiger partial charge >= 0.3 is 123 Å². The van der Waals surface area contributed by atoms with Gasteiger partial charge in [-0.3, -0.25) is 0 Å². The number of rotatable bonds is 5. The summed E-state index contributed by atoms with van der Waals surface area (Å²) in [4.78, 5) is 10.7. The first-order valence-electron chi connectivity index (χ1n) is 5.93. The molecule has 0 aromatic heterocycles. The maximum absolute atomic E-state index is 10.7. The van der Waals surface area contributed by atoms with E-state index in [-0.39, 0.29) is 0 Å². The minimum atomic E-state index is -2.81. The fourth-order valence-electron chi connectivity index (χ4n) is 1.80. The zero-order valence-electron chi connectivity index (χ0n) is 10.4. The van der Waals surface area contributed by atoms with Crippen molar-refractivity contribution < 1.29 is 31.3 Å². The maximum atomic E-state index is 10.7. The molecule has 1 aromatic carbocycles. The second-order valence-electron chi connectivity index (χ2n) is 4.26. The normalized spacial score (nSPS) is 26.4. The molecule has 4 unspecified atom stereocenters. The first-order chi connectivity index (χ1) is 9.54. The van der Waals surface area contributed by atoms with Gasteiger partial charge in [0.1, 0.15) is 0 Å². The Morgan fingerprint density at radius 2 is 1.90 bits per heavy atom. The second-order valence-corrected chi connectivity index (χ2v) is 8.41. The Kier molecular flexibility index (Phi) is 5.37. The van der Waals surface area contributed by atoms with Crippen LogP contribution in [0.2, 0.25) is 0 Å². The van der Waals surface area contributed by atoms with Gasteiger partial charge in [-0.25, -0.2) is 0 Å². The predicted octanol–water partition coefficient (Wildman–Crippen LogP) is -2.04. The molecule has 0 bridgehead atoms. The third-order valence-corrected chi connectivity index (χ3v) is 7.49. The molecule has 1 fully saturated rings. The number of carboxylic acids is 1. The molecule has 0 amide bonds. The summed E-state index contributed by atoms with van der Waals surface area (Å²) in [6, 6.07) is 9.11. The van der Waals surface area contributed by atoms with Crippen LogP contribution in [0, 0.1) is 0 Å². The van der Waals surface area contributed by atoms with E-state index >= 15 is 0 Å². The average molecular weight is 393 g/mol. The van der Waals surface area contributed by atoms with Crippen LogP contribution in [-0.4, -0.2) is 78.5 Å². The number of aliphatic carboxylic acids is 1. The minimum absolute atomic E-state index is 0.415. The SMILES string of the molecule is O=C(O)C(O)C(O)C1[O][Sb]([c]2ccccc2)[O]C1CO. The van der Waals surface area contributed by atoms with Gasteiger partial charge in [0.2, 0.25) is 0 Å². The molecule has 2 rings (SSSR count). The zero-order valence-corrected chi connectivity index (χ0v) is 12.9. The number of hydrogen-bond acceptors (Lipinski definition) is 6. The van der Waals surface area contributed by atoms with Crippen molar-refractivity contribution >= 4 is 30.5 Å². The van der Waals surface area contributed by atoms with Crippen LogP contribution in [0.1, 0.15) is 0 Å². The van der Waals surface area contributed by atoms with E-state index in [1.54, 1.807) is 0 Å². The number of hydrogen-bond donors (Lipinski definition) is 4. The van der Waals surface area contributed by atoms with E-state index < -0.39 is 58.0 Å². The van der Waals surface area contributed by atoms with Crippen molar-refractivity contribution in [1.82, 2.24) is 0 Å². The molecule has 1 aliphatic rings. The third kappa shape index (κ3) is 3.31. The first-order valence-corrected chi connectivity index (χ1v) is 9.29. The molecule has 110 valence electrons. The van der Waals surface area contributed by atoms with Gasteiger partial charge < -0.3 is 0 Å². The summed E-state index contributed by atoms with van der Waals surface area (Å²) >= 11 is -2.81. The van der Waals surface area contributed by atoms with E-state index in [0.717, 1.165) is 3.51 Å². The van der Waals surface area contributed by atoms with Gasteiger partial charge in [-0.15, -0.1) is 0 Å². The number of benzene rings is 1. The topological polar surface area (TPSA) is 116 Å². The van der Waals surface area contributed by atoms with Crippen LogP contribution in [-0.2, 0) is 10.8 Å². The summed E-state index contributed by atoms with van der Waals surface area (Å²) in [7, 11) is 0. The summed E-state index contributed by atoms with van der Waals surface area (Å²) in [5.74, 6) is -1.55. The number of aliphatic hydroxyl groups excluding tert-OH is 3. The molecule has 7 nitrogen and oxygen atoms in total.